The molecule has 3 heteroatoms. The smallest absolute Gasteiger partial charge is 0.333 e. The number of carbonyl (C=O) groups excluding carboxylic acids is 1. The molecule has 0 atom stereocenters. The van der Waals surface area contributed by atoms with Gasteiger partial charge in [-0.25, -0.2) is 4.79 Å². The van der Waals surface area contributed by atoms with E-state index < -0.39 is 0 Å². The number of benzene rings is 1. The van der Waals surface area contributed by atoms with Crippen LogP contribution in [0, 0.1) is 0 Å². The van der Waals surface area contributed by atoms with Crippen LogP contribution in [0.1, 0.15) is 13.3 Å². The number of hydrogen-bond donors (Lipinski definition) is 0. The molecule has 0 saturated carbocycles. The van der Waals surface area contributed by atoms with E-state index in [-0.39, 0.29) is 5.97 Å². The van der Waals surface area contributed by atoms with Crippen molar-refractivity contribution in [3.63, 3.8) is 0 Å². The van der Waals surface area contributed by atoms with Crippen molar-refractivity contribution in [2.45, 2.75) is 13.3 Å². The Labute approximate surface area is 95.7 Å². The lowest BCUT2D eigenvalue weighted by atomic mass is 10.3. The fourth-order valence-corrected chi connectivity index (χ4v) is 1.05. The van der Waals surface area contributed by atoms with Crippen molar-refractivity contribution in [2.75, 3.05) is 13.2 Å². The van der Waals surface area contributed by atoms with Crippen LogP contribution in [0.25, 0.3) is 0 Å². The van der Waals surface area contributed by atoms with E-state index in [0.717, 1.165) is 5.75 Å². The molecule has 0 aliphatic rings. The fraction of sp³-hybridized carbons (Fsp3) is 0.308. The number of carbonyl (C=O) groups is 1. The first-order chi connectivity index (χ1) is 7.70. The topological polar surface area (TPSA) is 35.5 Å². The van der Waals surface area contributed by atoms with E-state index in [9.17, 15) is 4.79 Å². The van der Waals surface area contributed by atoms with Gasteiger partial charge in [-0.3, -0.25) is 0 Å². The van der Waals surface area contributed by atoms with E-state index >= 15 is 0 Å². The van der Waals surface area contributed by atoms with E-state index in [1.54, 1.807) is 6.92 Å². The molecule has 0 aliphatic carbocycles. The van der Waals surface area contributed by atoms with E-state index in [0.29, 0.717) is 25.2 Å². The highest BCUT2D eigenvalue weighted by Gasteiger charge is 2.01. The molecule has 0 spiro atoms. The molecule has 0 amide bonds. The quantitative estimate of drug-likeness (QED) is 0.420. The third kappa shape index (κ3) is 4.64. The van der Waals surface area contributed by atoms with Crippen molar-refractivity contribution in [3.8, 4) is 5.75 Å². The lowest BCUT2D eigenvalue weighted by molar-refractivity contribution is -0.139. The minimum Gasteiger partial charge on any atom is -0.493 e. The number of ether oxygens (including phenoxy) is 2. The van der Waals surface area contributed by atoms with Crippen molar-refractivity contribution in [3.05, 3.63) is 42.5 Å². The normalized spacial score (nSPS) is 9.56. The van der Waals surface area contributed by atoms with Crippen molar-refractivity contribution in [1.82, 2.24) is 0 Å². The number of para-hydroxylation sites is 1. The molecule has 1 aromatic carbocycles. The summed E-state index contributed by atoms with van der Waals surface area (Å²) in [6, 6.07) is 9.54. The highest BCUT2D eigenvalue weighted by molar-refractivity contribution is 5.86. The van der Waals surface area contributed by atoms with Gasteiger partial charge in [-0.1, -0.05) is 24.8 Å². The highest BCUT2D eigenvalue weighted by Crippen LogP contribution is 2.08. The largest absolute Gasteiger partial charge is 0.493 e. The first kappa shape index (κ1) is 12.3. The van der Waals surface area contributed by atoms with E-state index in [1.807, 2.05) is 30.3 Å². The van der Waals surface area contributed by atoms with E-state index in [1.165, 1.54) is 0 Å². The summed E-state index contributed by atoms with van der Waals surface area (Å²) in [6.45, 7) is 6.02. The number of rotatable bonds is 6. The van der Waals surface area contributed by atoms with Gasteiger partial charge in [0, 0.05) is 12.0 Å². The summed E-state index contributed by atoms with van der Waals surface area (Å²) in [5.41, 5.74) is 0.420. The molecule has 0 unspecified atom stereocenters. The molecule has 0 heterocycles. The molecule has 16 heavy (non-hydrogen) atoms. The molecule has 0 N–H and O–H groups in total. The second kappa shape index (κ2) is 6.67. The monoisotopic (exact) mass is 220 g/mol. The maximum Gasteiger partial charge on any atom is 0.333 e. The first-order valence-electron chi connectivity index (χ1n) is 5.20. The second-order valence-corrected chi connectivity index (χ2v) is 3.43. The van der Waals surface area contributed by atoms with Gasteiger partial charge in [0.2, 0.25) is 0 Å². The summed E-state index contributed by atoms with van der Waals surface area (Å²) in [5.74, 6) is 0.480. The van der Waals surface area contributed by atoms with Crippen LogP contribution in [0.3, 0.4) is 0 Å². The first-order valence-corrected chi connectivity index (χ1v) is 5.20. The lowest BCUT2D eigenvalue weighted by Crippen LogP contribution is -2.09. The van der Waals surface area contributed by atoms with Crippen LogP contribution in [0.2, 0.25) is 0 Å². The summed E-state index contributed by atoms with van der Waals surface area (Å²) >= 11 is 0. The average Bonchev–Trinajstić information content (AvgIpc) is 2.29. The van der Waals surface area contributed by atoms with Crippen molar-refractivity contribution >= 4 is 5.97 Å². The molecule has 86 valence electrons. The Balaban J connectivity index is 2.09. The van der Waals surface area contributed by atoms with Gasteiger partial charge in [0.05, 0.1) is 13.2 Å². The summed E-state index contributed by atoms with van der Waals surface area (Å²) in [6.07, 6.45) is 0.675. The molecule has 1 aromatic rings. The second-order valence-electron chi connectivity index (χ2n) is 3.43. The summed E-state index contributed by atoms with van der Waals surface area (Å²) in [4.78, 5) is 11.0. The van der Waals surface area contributed by atoms with Crippen molar-refractivity contribution < 1.29 is 14.3 Å². The molecule has 3 nitrogen and oxygen atoms in total. The molecule has 0 fully saturated rings. The molecule has 0 saturated heterocycles. The van der Waals surface area contributed by atoms with Crippen molar-refractivity contribution in [2.24, 2.45) is 0 Å². The van der Waals surface area contributed by atoms with Crippen molar-refractivity contribution in [1.29, 1.82) is 0 Å². The van der Waals surface area contributed by atoms with Gasteiger partial charge in [0.25, 0.3) is 0 Å². The van der Waals surface area contributed by atoms with Crippen LogP contribution < -0.4 is 4.74 Å². The molecular weight excluding hydrogens is 204 g/mol. The molecule has 1 rings (SSSR count). The molecule has 0 radical (unpaired) electrons. The van der Waals surface area contributed by atoms with Gasteiger partial charge >= 0.3 is 5.97 Å². The van der Waals surface area contributed by atoms with Gasteiger partial charge < -0.3 is 9.47 Å². The Morgan fingerprint density at radius 2 is 1.94 bits per heavy atom. The zero-order chi connectivity index (χ0) is 11.8. The summed E-state index contributed by atoms with van der Waals surface area (Å²) in [5, 5.41) is 0. The number of esters is 1. The van der Waals surface area contributed by atoms with Crippen LogP contribution in [0.15, 0.2) is 42.5 Å². The number of hydrogen-bond acceptors (Lipinski definition) is 3. The Hall–Kier alpha value is -1.77. The van der Waals surface area contributed by atoms with Crippen LogP contribution in [-0.4, -0.2) is 19.2 Å². The molecule has 0 aromatic heterocycles. The van der Waals surface area contributed by atoms with Gasteiger partial charge in [0.1, 0.15) is 5.75 Å². The van der Waals surface area contributed by atoms with Crippen LogP contribution in [0.4, 0.5) is 0 Å². The predicted molar refractivity (Wildman–Crippen MR) is 62.3 cm³/mol. The maximum absolute atomic E-state index is 11.0. The average molecular weight is 220 g/mol. The molecule has 0 aliphatic heterocycles. The Morgan fingerprint density at radius 1 is 1.25 bits per heavy atom. The maximum atomic E-state index is 11.0. The molecule has 0 bridgehead atoms. The van der Waals surface area contributed by atoms with Crippen LogP contribution in [0.5, 0.6) is 5.75 Å². The minimum absolute atomic E-state index is 0.347. The lowest BCUT2D eigenvalue weighted by Gasteiger charge is -2.06. The zero-order valence-electron chi connectivity index (χ0n) is 9.44. The summed E-state index contributed by atoms with van der Waals surface area (Å²) in [7, 11) is 0. The van der Waals surface area contributed by atoms with Crippen LogP contribution >= 0.6 is 0 Å². The fourth-order valence-electron chi connectivity index (χ4n) is 1.05. The summed E-state index contributed by atoms with van der Waals surface area (Å²) < 4.78 is 10.4. The Morgan fingerprint density at radius 3 is 2.56 bits per heavy atom. The Kier molecular flexibility index (Phi) is 5.12. The predicted octanol–water partition coefficient (Wildman–Crippen LogP) is 2.57. The third-order valence-electron chi connectivity index (χ3n) is 1.88. The van der Waals surface area contributed by atoms with Gasteiger partial charge in [0.15, 0.2) is 0 Å². The highest BCUT2D eigenvalue weighted by atomic mass is 16.5. The minimum atomic E-state index is -0.347. The Bertz CT molecular complexity index is 343. The SMILES string of the molecule is C=C(C)C(=O)OCCCOc1ccccc1. The van der Waals surface area contributed by atoms with Gasteiger partial charge in [-0.2, -0.15) is 0 Å². The van der Waals surface area contributed by atoms with Crippen LogP contribution in [-0.2, 0) is 9.53 Å². The van der Waals surface area contributed by atoms with Gasteiger partial charge in [-0.15, -0.1) is 0 Å². The van der Waals surface area contributed by atoms with E-state index in [4.69, 9.17) is 9.47 Å². The molecular formula is C13H16O3. The zero-order valence-corrected chi connectivity index (χ0v) is 9.44. The van der Waals surface area contributed by atoms with Gasteiger partial charge in [-0.05, 0) is 19.1 Å². The van der Waals surface area contributed by atoms with E-state index in [2.05, 4.69) is 6.58 Å². The third-order valence-corrected chi connectivity index (χ3v) is 1.88. The standard InChI is InChI=1S/C13H16O3/c1-11(2)13(14)16-10-6-9-15-12-7-4-3-5-8-12/h3-5,7-8H,1,6,9-10H2,2H3.